The van der Waals surface area contributed by atoms with Gasteiger partial charge in [-0.1, -0.05) is 36.4 Å². The van der Waals surface area contributed by atoms with E-state index in [0.29, 0.717) is 35.8 Å². The van der Waals surface area contributed by atoms with Crippen molar-refractivity contribution in [2.75, 3.05) is 39.3 Å². The van der Waals surface area contributed by atoms with Gasteiger partial charge >= 0.3 is 0 Å². The van der Waals surface area contributed by atoms with E-state index in [-0.39, 0.29) is 11.7 Å². The second-order valence-corrected chi connectivity index (χ2v) is 8.12. The van der Waals surface area contributed by atoms with Crippen molar-refractivity contribution in [1.82, 2.24) is 9.80 Å². The first-order valence-electron chi connectivity index (χ1n) is 10.7. The van der Waals surface area contributed by atoms with E-state index < -0.39 is 0 Å². The lowest BCUT2D eigenvalue weighted by Crippen LogP contribution is -2.49. The van der Waals surface area contributed by atoms with E-state index in [4.69, 9.17) is 9.47 Å². The average molecular weight is 421 g/mol. The third kappa shape index (κ3) is 4.80. The normalized spacial score (nSPS) is 16.1. The predicted octanol–water partition coefficient (Wildman–Crippen LogP) is 3.32. The van der Waals surface area contributed by atoms with Crippen molar-refractivity contribution in [3.8, 4) is 11.5 Å². The summed E-state index contributed by atoms with van der Waals surface area (Å²) >= 11 is 0. The van der Waals surface area contributed by atoms with Crippen molar-refractivity contribution in [1.29, 1.82) is 0 Å². The number of hydrogen-bond acceptors (Lipinski definition) is 5. The molecule has 6 heteroatoms. The first kappa shape index (κ1) is 21.1. The number of Topliss-reactive ketones (excluding diaryl/α,β-unsaturated/α-hetero) is 1. The SMILES string of the molecule is CC(C)=C1Oc2cccc(OCCN3CCN(C(=O)Cc4ccccc4)CC3)c2C1=O. The second kappa shape index (κ2) is 9.35. The number of hydrogen-bond donors (Lipinski definition) is 0. The van der Waals surface area contributed by atoms with Gasteiger partial charge in [0.2, 0.25) is 11.7 Å². The molecule has 0 atom stereocenters. The molecule has 2 aromatic rings. The average Bonchev–Trinajstić information content (AvgIpc) is 3.12. The van der Waals surface area contributed by atoms with Crippen molar-refractivity contribution in [2.24, 2.45) is 0 Å². The molecule has 0 radical (unpaired) electrons. The van der Waals surface area contributed by atoms with Crippen LogP contribution in [0.2, 0.25) is 0 Å². The Morgan fingerprint density at radius 1 is 1.00 bits per heavy atom. The predicted molar refractivity (Wildman–Crippen MR) is 118 cm³/mol. The largest absolute Gasteiger partial charge is 0.491 e. The summed E-state index contributed by atoms with van der Waals surface area (Å²) in [6.07, 6.45) is 0.451. The fourth-order valence-electron chi connectivity index (χ4n) is 3.93. The first-order chi connectivity index (χ1) is 15.0. The van der Waals surface area contributed by atoms with E-state index in [1.807, 2.05) is 61.2 Å². The van der Waals surface area contributed by atoms with Crippen molar-refractivity contribution in [3.05, 3.63) is 71.0 Å². The molecule has 2 aliphatic heterocycles. The van der Waals surface area contributed by atoms with Crippen LogP contribution in [0.4, 0.5) is 0 Å². The number of rotatable bonds is 6. The molecule has 0 saturated carbocycles. The summed E-state index contributed by atoms with van der Waals surface area (Å²) in [6, 6.07) is 15.3. The molecular weight excluding hydrogens is 392 g/mol. The fraction of sp³-hybridized carbons (Fsp3) is 0.360. The molecule has 0 unspecified atom stereocenters. The van der Waals surface area contributed by atoms with Gasteiger partial charge in [0, 0.05) is 32.7 Å². The summed E-state index contributed by atoms with van der Waals surface area (Å²) in [5.41, 5.74) is 2.41. The minimum Gasteiger partial charge on any atom is -0.491 e. The van der Waals surface area contributed by atoms with Gasteiger partial charge < -0.3 is 14.4 Å². The van der Waals surface area contributed by atoms with Crippen molar-refractivity contribution in [3.63, 3.8) is 0 Å². The van der Waals surface area contributed by atoms with Crippen molar-refractivity contribution >= 4 is 11.7 Å². The van der Waals surface area contributed by atoms with Crippen LogP contribution in [0.1, 0.15) is 29.8 Å². The molecule has 1 fully saturated rings. The zero-order valence-corrected chi connectivity index (χ0v) is 18.1. The molecule has 31 heavy (non-hydrogen) atoms. The van der Waals surface area contributed by atoms with Crippen LogP contribution in [0.15, 0.2) is 59.9 Å². The van der Waals surface area contributed by atoms with Crippen LogP contribution < -0.4 is 9.47 Å². The van der Waals surface area contributed by atoms with E-state index in [0.717, 1.165) is 43.9 Å². The highest BCUT2D eigenvalue weighted by atomic mass is 16.5. The number of fused-ring (bicyclic) bond motifs is 1. The van der Waals surface area contributed by atoms with Crippen LogP contribution in [0, 0.1) is 0 Å². The lowest BCUT2D eigenvalue weighted by atomic mass is 10.1. The van der Waals surface area contributed by atoms with Gasteiger partial charge in [0.05, 0.1) is 6.42 Å². The van der Waals surface area contributed by atoms with Gasteiger partial charge in [-0.2, -0.15) is 0 Å². The van der Waals surface area contributed by atoms with E-state index in [1.165, 1.54) is 0 Å². The molecule has 0 aromatic heterocycles. The monoisotopic (exact) mass is 420 g/mol. The number of allylic oxidation sites excluding steroid dienone is 2. The highest BCUT2D eigenvalue weighted by Gasteiger charge is 2.31. The van der Waals surface area contributed by atoms with E-state index in [2.05, 4.69) is 4.90 Å². The van der Waals surface area contributed by atoms with Gasteiger partial charge in [0.25, 0.3) is 0 Å². The zero-order chi connectivity index (χ0) is 21.8. The topological polar surface area (TPSA) is 59.1 Å². The van der Waals surface area contributed by atoms with Crippen LogP contribution in [-0.4, -0.2) is 60.8 Å². The van der Waals surface area contributed by atoms with E-state index in [1.54, 1.807) is 6.07 Å². The number of amides is 1. The number of nitrogens with zero attached hydrogens (tertiary/aromatic N) is 2. The van der Waals surface area contributed by atoms with Gasteiger partial charge in [0.1, 0.15) is 23.7 Å². The van der Waals surface area contributed by atoms with Crippen LogP contribution in [0.3, 0.4) is 0 Å². The highest BCUT2D eigenvalue weighted by Crippen LogP contribution is 2.38. The Balaban J connectivity index is 1.26. The Morgan fingerprint density at radius 3 is 2.45 bits per heavy atom. The Morgan fingerprint density at radius 2 is 1.74 bits per heavy atom. The second-order valence-electron chi connectivity index (χ2n) is 8.12. The maximum absolute atomic E-state index is 12.6. The molecule has 2 heterocycles. The van der Waals surface area contributed by atoms with E-state index >= 15 is 0 Å². The van der Waals surface area contributed by atoms with Crippen LogP contribution >= 0.6 is 0 Å². The molecule has 0 aliphatic carbocycles. The van der Waals surface area contributed by atoms with Gasteiger partial charge in [-0.25, -0.2) is 0 Å². The number of carbonyl (C=O) groups is 2. The Kier molecular flexibility index (Phi) is 6.37. The van der Waals surface area contributed by atoms with Crippen LogP contribution in [-0.2, 0) is 11.2 Å². The highest BCUT2D eigenvalue weighted by molar-refractivity contribution is 6.14. The standard InChI is InChI=1S/C25H28N2O4/c1-18(2)25-24(29)23-20(9-6-10-21(23)31-25)30-16-15-26-11-13-27(14-12-26)22(28)17-19-7-4-3-5-8-19/h3-10H,11-17H2,1-2H3. The summed E-state index contributed by atoms with van der Waals surface area (Å²) in [7, 11) is 0. The summed E-state index contributed by atoms with van der Waals surface area (Å²) in [6.45, 7) is 8.04. The number of ketones is 1. The minimum atomic E-state index is -0.115. The minimum absolute atomic E-state index is 0.115. The molecular formula is C25H28N2O4. The van der Waals surface area contributed by atoms with E-state index in [9.17, 15) is 9.59 Å². The third-order valence-corrected chi connectivity index (χ3v) is 5.68. The molecule has 6 nitrogen and oxygen atoms in total. The Hall–Kier alpha value is -3.12. The van der Waals surface area contributed by atoms with Gasteiger partial charge in [0.15, 0.2) is 5.76 Å². The van der Waals surface area contributed by atoms with Gasteiger partial charge in [-0.15, -0.1) is 0 Å². The van der Waals surface area contributed by atoms with Crippen LogP contribution in [0.25, 0.3) is 0 Å². The van der Waals surface area contributed by atoms with Crippen molar-refractivity contribution in [2.45, 2.75) is 20.3 Å². The number of carbonyl (C=O) groups excluding carboxylic acids is 2. The van der Waals surface area contributed by atoms with Crippen molar-refractivity contribution < 1.29 is 19.1 Å². The Bertz CT molecular complexity index is 988. The summed E-state index contributed by atoms with van der Waals surface area (Å²) < 4.78 is 11.7. The molecule has 1 amide bonds. The molecule has 0 spiro atoms. The molecule has 0 N–H and O–H groups in total. The van der Waals surface area contributed by atoms with Crippen LogP contribution in [0.5, 0.6) is 11.5 Å². The summed E-state index contributed by atoms with van der Waals surface area (Å²) in [5.74, 6) is 1.58. The maximum Gasteiger partial charge on any atom is 0.235 e. The molecule has 162 valence electrons. The summed E-state index contributed by atoms with van der Waals surface area (Å²) in [5, 5.41) is 0. The molecule has 2 aliphatic rings. The molecule has 2 aromatic carbocycles. The maximum atomic E-state index is 12.6. The summed E-state index contributed by atoms with van der Waals surface area (Å²) in [4.78, 5) is 29.4. The first-order valence-corrected chi connectivity index (χ1v) is 10.7. The number of piperazine rings is 1. The number of ether oxygens (including phenoxy) is 2. The quantitative estimate of drug-likeness (QED) is 0.671. The molecule has 1 saturated heterocycles. The third-order valence-electron chi connectivity index (χ3n) is 5.68. The Labute approximate surface area is 183 Å². The lowest BCUT2D eigenvalue weighted by Gasteiger charge is -2.34. The molecule has 4 rings (SSSR count). The number of benzene rings is 2. The lowest BCUT2D eigenvalue weighted by molar-refractivity contribution is -0.132. The zero-order valence-electron chi connectivity index (χ0n) is 18.1. The van der Waals surface area contributed by atoms with Gasteiger partial charge in [-0.3, -0.25) is 14.5 Å². The molecule has 0 bridgehead atoms. The fourth-order valence-corrected chi connectivity index (χ4v) is 3.93. The van der Waals surface area contributed by atoms with Gasteiger partial charge in [-0.05, 0) is 37.1 Å². The smallest absolute Gasteiger partial charge is 0.235 e.